The van der Waals surface area contributed by atoms with E-state index in [0.29, 0.717) is 0 Å². The van der Waals surface area contributed by atoms with Gasteiger partial charge in [0.15, 0.2) is 0 Å². The standard InChI is InChI=1S/C11H14ClN/c1-2-3-8-13-9-10-4-6-11(12)7-5-10/h3-8,13H,2,9H2,1H3/b8-3+. The summed E-state index contributed by atoms with van der Waals surface area (Å²) in [7, 11) is 0. The smallest absolute Gasteiger partial charge is 0.0406 e. The highest BCUT2D eigenvalue weighted by atomic mass is 35.5. The molecule has 0 fully saturated rings. The van der Waals surface area contributed by atoms with Crippen molar-refractivity contribution >= 4 is 11.6 Å². The van der Waals surface area contributed by atoms with Gasteiger partial charge in [0.2, 0.25) is 0 Å². The van der Waals surface area contributed by atoms with Crippen molar-refractivity contribution < 1.29 is 0 Å². The van der Waals surface area contributed by atoms with Crippen molar-refractivity contribution in [3.63, 3.8) is 0 Å². The van der Waals surface area contributed by atoms with Gasteiger partial charge in [0.05, 0.1) is 0 Å². The molecular weight excluding hydrogens is 182 g/mol. The zero-order valence-corrected chi connectivity index (χ0v) is 8.51. The van der Waals surface area contributed by atoms with Gasteiger partial charge in [0.25, 0.3) is 0 Å². The lowest BCUT2D eigenvalue weighted by atomic mass is 10.2. The number of allylic oxidation sites excluding steroid dienone is 1. The van der Waals surface area contributed by atoms with E-state index in [1.165, 1.54) is 5.56 Å². The second-order valence-electron chi connectivity index (χ2n) is 2.82. The van der Waals surface area contributed by atoms with Gasteiger partial charge >= 0.3 is 0 Å². The molecule has 1 aromatic rings. The summed E-state index contributed by atoms with van der Waals surface area (Å²) in [6.45, 7) is 2.97. The normalized spacial score (nSPS) is 10.6. The van der Waals surface area contributed by atoms with Crippen LogP contribution in [-0.4, -0.2) is 0 Å². The molecule has 0 spiro atoms. The Balaban J connectivity index is 2.37. The second-order valence-corrected chi connectivity index (χ2v) is 3.25. The van der Waals surface area contributed by atoms with Crippen LogP contribution in [0.5, 0.6) is 0 Å². The number of rotatable bonds is 4. The summed E-state index contributed by atoms with van der Waals surface area (Å²) >= 11 is 5.76. The third kappa shape index (κ3) is 4.00. The summed E-state index contributed by atoms with van der Waals surface area (Å²) < 4.78 is 0. The number of hydrogen-bond acceptors (Lipinski definition) is 1. The molecule has 1 aromatic carbocycles. The Labute approximate surface area is 84.4 Å². The van der Waals surface area contributed by atoms with Gasteiger partial charge in [0, 0.05) is 11.6 Å². The molecule has 1 nitrogen and oxygen atoms in total. The average molecular weight is 196 g/mol. The van der Waals surface area contributed by atoms with Crippen LogP contribution in [0.4, 0.5) is 0 Å². The first-order chi connectivity index (χ1) is 6.33. The molecule has 0 saturated heterocycles. The van der Waals surface area contributed by atoms with Crippen molar-refractivity contribution in [1.82, 2.24) is 5.32 Å². The predicted octanol–water partition coefficient (Wildman–Crippen LogP) is 3.35. The Hall–Kier alpha value is -0.950. The average Bonchev–Trinajstić information content (AvgIpc) is 2.15. The highest BCUT2D eigenvalue weighted by molar-refractivity contribution is 6.30. The maximum absolute atomic E-state index is 5.76. The van der Waals surface area contributed by atoms with Crippen LogP contribution in [0.2, 0.25) is 5.02 Å². The lowest BCUT2D eigenvalue weighted by molar-refractivity contribution is 0.864. The summed E-state index contributed by atoms with van der Waals surface area (Å²) in [5.74, 6) is 0. The molecule has 0 bridgehead atoms. The van der Waals surface area contributed by atoms with Crippen LogP contribution in [0.3, 0.4) is 0 Å². The van der Waals surface area contributed by atoms with Crippen LogP contribution in [-0.2, 0) is 6.54 Å². The Kier molecular flexibility index (Phi) is 4.41. The van der Waals surface area contributed by atoms with Gasteiger partial charge in [-0.05, 0) is 30.3 Å². The van der Waals surface area contributed by atoms with E-state index in [1.54, 1.807) is 0 Å². The molecule has 0 amide bonds. The fourth-order valence-corrected chi connectivity index (χ4v) is 1.11. The minimum Gasteiger partial charge on any atom is -0.387 e. The molecule has 0 atom stereocenters. The van der Waals surface area contributed by atoms with Gasteiger partial charge < -0.3 is 5.32 Å². The molecule has 13 heavy (non-hydrogen) atoms. The molecule has 2 heteroatoms. The van der Waals surface area contributed by atoms with Crippen LogP contribution in [0.15, 0.2) is 36.5 Å². The van der Waals surface area contributed by atoms with E-state index in [4.69, 9.17) is 11.6 Å². The Bertz CT molecular complexity index is 264. The highest BCUT2D eigenvalue weighted by Gasteiger charge is 1.89. The summed E-state index contributed by atoms with van der Waals surface area (Å²) in [6, 6.07) is 7.86. The van der Waals surface area contributed by atoms with Crippen LogP contribution >= 0.6 is 11.6 Å². The summed E-state index contributed by atoms with van der Waals surface area (Å²) in [5.41, 5.74) is 1.24. The lowest BCUT2D eigenvalue weighted by Crippen LogP contribution is -2.03. The molecule has 70 valence electrons. The van der Waals surface area contributed by atoms with E-state index in [-0.39, 0.29) is 0 Å². The van der Waals surface area contributed by atoms with Gasteiger partial charge in [-0.2, -0.15) is 0 Å². The maximum atomic E-state index is 5.76. The third-order valence-corrected chi connectivity index (χ3v) is 1.94. The molecule has 0 heterocycles. The number of benzene rings is 1. The van der Waals surface area contributed by atoms with Gasteiger partial charge in [-0.3, -0.25) is 0 Å². The topological polar surface area (TPSA) is 12.0 Å². The highest BCUT2D eigenvalue weighted by Crippen LogP contribution is 2.08. The van der Waals surface area contributed by atoms with E-state index in [1.807, 2.05) is 30.5 Å². The molecule has 0 aromatic heterocycles. The van der Waals surface area contributed by atoms with Crippen LogP contribution in [0.25, 0.3) is 0 Å². The summed E-state index contributed by atoms with van der Waals surface area (Å²) in [4.78, 5) is 0. The van der Waals surface area contributed by atoms with Crippen LogP contribution in [0.1, 0.15) is 18.9 Å². The second kappa shape index (κ2) is 5.65. The molecule has 0 aliphatic carbocycles. The fraction of sp³-hybridized carbons (Fsp3) is 0.273. The molecule has 1 N–H and O–H groups in total. The van der Waals surface area contributed by atoms with Crippen LogP contribution < -0.4 is 5.32 Å². The number of nitrogens with one attached hydrogen (secondary N) is 1. The van der Waals surface area contributed by atoms with E-state index in [9.17, 15) is 0 Å². The first kappa shape index (κ1) is 10.1. The Morgan fingerprint density at radius 3 is 2.62 bits per heavy atom. The first-order valence-electron chi connectivity index (χ1n) is 4.45. The van der Waals surface area contributed by atoms with Crippen molar-refractivity contribution in [3.8, 4) is 0 Å². The molecule has 0 aliphatic heterocycles. The van der Waals surface area contributed by atoms with E-state index in [2.05, 4.69) is 18.3 Å². The molecule has 0 radical (unpaired) electrons. The van der Waals surface area contributed by atoms with Crippen molar-refractivity contribution in [2.24, 2.45) is 0 Å². The van der Waals surface area contributed by atoms with Crippen molar-refractivity contribution in [2.45, 2.75) is 19.9 Å². The quantitative estimate of drug-likeness (QED) is 0.777. The number of hydrogen-bond donors (Lipinski definition) is 1. The monoisotopic (exact) mass is 195 g/mol. The fourth-order valence-electron chi connectivity index (χ4n) is 0.980. The largest absolute Gasteiger partial charge is 0.387 e. The van der Waals surface area contributed by atoms with E-state index in [0.717, 1.165) is 18.0 Å². The first-order valence-corrected chi connectivity index (χ1v) is 4.83. The molecular formula is C11H14ClN. The van der Waals surface area contributed by atoms with Crippen molar-refractivity contribution in [3.05, 3.63) is 47.1 Å². The third-order valence-electron chi connectivity index (χ3n) is 1.69. The van der Waals surface area contributed by atoms with Gasteiger partial charge in [0.1, 0.15) is 0 Å². The van der Waals surface area contributed by atoms with Crippen molar-refractivity contribution in [2.75, 3.05) is 0 Å². The zero-order valence-electron chi connectivity index (χ0n) is 7.76. The maximum Gasteiger partial charge on any atom is 0.0406 e. The Morgan fingerprint density at radius 2 is 2.00 bits per heavy atom. The SMILES string of the molecule is CC/C=C/NCc1ccc(Cl)cc1. The van der Waals surface area contributed by atoms with Gasteiger partial charge in [-0.15, -0.1) is 0 Å². The zero-order chi connectivity index (χ0) is 9.52. The van der Waals surface area contributed by atoms with Crippen molar-refractivity contribution in [1.29, 1.82) is 0 Å². The minimum absolute atomic E-state index is 0.785. The number of halogens is 1. The summed E-state index contributed by atoms with van der Waals surface area (Å²) in [5, 5.41) is 3.98. The molecule has 1 rings (SSSR count). The molecule has 0 saturated carbocycles. The predicted molar refractivity (Wildman–Crippen MR) is 57.7 cm³/mol. The van der Waals surface area contributed by atoms with Crippen LogP contribution in [0, 0.1) is 0 Å². The Morgan fingerprint density at radius 1 is 1.31 bits per heavy atom. The summed E-state index contributed by atoms with van der Waals surface area (Å²) in [6.07, 6.45) is 5.14. The van der Waals surface area contributed by atoms with E-state index < -0.39 is 0 Å². The molecule has 0 unspecified atom stereocenters. The van der Waals surface area contributed by atoms with Gasteiger partial charge in [-0.1, -0.05) is 36.7 Å². The van der Waals surface area contributed by atoms with Gasteiger partial charge in [-0.25, -0.2) is 0 Å². The molecule has 0 aliphatic rings. The lowest BCUT2D eigenvalue weighted by Gasteiger charge is -2.00. The minimum atomic E-state index is 0.785. The van der Waals surface area contributed by atoms with E-state index >= 15 is 0 Å².